The van der Waals surface area contributed by atoms with E-state index in [4.69, 9.17) is 10.6 Å². The minimum Gasteiger partial charge on any atom is -0.494 e. The van der Waals surface area contributed by atoms with Gasteiger partial charge in [0.1, 0.15) is 0 Å². The molecular formula is C15H25FN2O. The summed E-state index contributed by atoms with van der Waals surface area (Å²) < 4.78 is 18.5. The van der Waals surface area contributed by atoms with Gasteiger partial charge in [0.15, 0.2) is 11.6 Å². The van der Waals surface area contributed by atoms with Gasteiger partial charge in [-0.3, -0.25) is 11.3 Å². The molecule has 0 aliphatic rings. The van der Waals surface area contributed by atoms with Crippen LogP contribution < -0.4 is 16.0 Å². The molecule has 0 heterocycles. The van der Waals surface area contributed by atoms with Crippen molar-refractivity contribution < 1.29 is 9.13 Å². The average molecular weight is 268 g/mol. The summed E-state index contributed by atoms with van der Waals surface area (Å²) >= 11 is 0. The van der Waals surface area contributed by atoms with Crippen LogP contribution in [0.4, 0.5) is 4.39 Å². The molecule has 0 amide bonds. The second-order valence-electron chi connectivity index (χ2n) is 5.07. The highest BCUT2D eigenvalue weighted by Gasteiger charge is 2.16. The maximum Gasteiger partial charge on any atom is 0.165 e. The van der Waals surface area contributed by atoms with Gasteiger partial charge in [-0.25, -0.2) is 4.39 Å². The molecule has 0 radical (unpaired) electrons. The number of hydrogen-bond acceptors (Lipinski definition) is 3. The Morgan fingerprint density at radius 3 is 2.68 bits per heavy atom. The molecule has 2 unspecified atom stereocenters. The van der Waals surface area contributed by atoms with Crippen LogP contribution in [0.2, 0.25) is 0 Å². The summed E-state index contributed by atoms with van der Waals surface area (Å²) in [6.07, 6.45) is 4.22. The largest absolute Gasteiger partial charge is 0.494 e. The zero-order chi connectivity index (χ0) is 14.3. The number of rotatable bonds is 8. The van der Waals surface area contributed by atoms with E-state index >= 15 is 0 Å². The standard InChI is InChI=1S/C15H25FN2O/c1-4-5-6-11(2)14(18-17)10-12-7-8-15(19-3)13(16)9-12/h7-9,11,14,18H,4-6,10,17H2,1-3H3. The van der Waals surface area contributed by atoms with Gasteiger partial charge in [0, 0.05) is 6.04 Å². The minimum atomic E-state index is -0.322. The van der Waals surface area contributed by atoms with Gasteiger partial charge in [0.25, 0.3) is 0 Å². The van der Waals surface area contributed by atoms with Gasteiger partial charge in [-0.05, 0) is 36.5 Å². The third-order valence-electron chi connectivity index (χ3n) is 3.59. The van der Waals surface area contributed by atoms with Crippen LogP contribution in [0.1, 0.15) is 38.7 Å². The van der Waals surface area contributed by atoms with E-state index in [1.807, 2.05) is 6.07 Å². The molecule has 1 aromatic carbocycles. The Morgan fingerprint density at radius 1 is 1.42 bits per heavy atom. The van der Waals surface area contributed by atoms with Crippen molar-refractivity contribution in [3.8, 4) is 5.75 Å². The van der Waals surface area contributed by atoms with Crippen molar-refractivity contribution in [1.82, 2.24) is 5.43 Å². The SMILES string of the molecule is CCCCC(C)C(Cc1ccc(OC)c(F)c1)NN. The predicted octanol–water partition coefficient (Wildman–Crippen LogP) is 3.04. The fraction of sp³-hybridized carbons (Fsp3) is 0.600. The van der Waals surface area contributed by atoms with E-state index in [0.717, 1.165) is 18.4 Å². The highest BCUT2D eigenvalue weighted by Crippen LogP contribution is 2.21. The molecule has 1 rings (SSSR count). The first-order chi connectivity index (χ1) is 9.12. The van der Waals surface area contributed by atoms with E-state index in [-0.39, 0.29) is 17.6 Å². The fourth-order valence-corrected chi connectivity index (χ4v) is 2.24. The monoisotopic (exact) mass is 268 g/mol. The van der Waals surface area contributed by atoms with Gasteiger partial charge in [-0.15, -0.1) is 0 Å². The Morgan fingerprint density at radius 2 is 2.16 bits per heavy atom. The lowest BCUT2D eigenvalue weighted by molar-refractivity contribution is 0.350. The van der Waals surface area contributed by atoms with Gasteiger partial charge in [-0.2, -0.15) is 0 Å². The van der Waals surface area contributed by atoms with Crippen LogP contribution in [-0.2, 0) is 6.42 Å². The molecule has 0 aliphatic carbocycles. The highest BCUT2D eigenvalue weighted by molar-refractivity contribution is 5.29. The molecule has 0 aliphatic heterocycles. The fourth-order valence-electron chi connectivity index (χ4n) is 2.24. The number of methoxy groups -OCH3 is 1. The lowest BCUT2D eigenvalue weighted by atomic mass is 9.91. The van der Waals surface area contributed by atoms with Crippen molar-refractivity contribution in [2.75, 3.05) is 7.11 Å². The van der Waals surface area contributed by atoms with E-state index in [2.05, 4.69) is 19.3 Å². The van der Waals surface area contributed by atoms with Crippen molar-refractivity contribution in [3.05, 3.63) is 29.6 Å². The number of hydrazine groups is 1. The lowest BCUT2D eigenvalue weighted by Gasteiger charge is -2.23. The van der Waals surface area contributed by atoms with Crippen molar-refractivity contribution in [2.24, 2.45) is 11.8 Å². The van der Waals surface area contributed by atoms with Crippen LogP contribution in [0.5, 0.6) is 5.75 Å². The first-order valence-electron chi connectivity index (χ1n) is 6.90. The van der Waals surface area contributed by atoms with Crippen LogP contribution in [0, 0.1) is 11.7 Å². The van der Waals surface area contributed by atoms with Crippen LogP contribution in [-0.4, -0.2) is 13.2 Å². The summed E-state index contributed by atoms with van der Waals surface area (Å²) in [7, 11) is 1.47. The Bertz CT molecular complexity index is 384. The number of hydrogen-bond donors (Lipinski definition) is 2. The lowest BCUT2D eigenvalue weighted by Crippen LogP contribution is -2.41. The topological polar surface area (TPSA) is 47.3 Å². The molecule has 0 saturated heterocycles. The van der Waals surface area contributed by atoms with E-state index in [0.29, 0.717) is 5.92 Å². The Balaban J connectivity index is 2.67. The zero-order valence-electron chi connectivity index (χ0n) is 12.1. The van der Waals surface area contributed by atoms with Gasteiger partial charge < -0.3 is 4.74 Å². The van der Waals surface area contributed by atoms with Crippen LogP contribution >= 0.6 is 0 Å². The molecule has 0 bridgehead atoms. The number of nitrogens with one attached hydrogen (secondary N) is 1. The first-order valence-corrected chi connectivity index (χ1v) is 6.90. The van der Waals surface area contributed by atoms with Gasteiger partial charge in [0.2, 0.25) is 0 Å². The van der Waals surface area contributed by atoms with Crippen molar-refractivity contribution in [2.45, 2.75) is 45.6 Å². The molecule has 0 fully saturated rings. The molecule has 4 heteroatoms. The summed E-state index contributed by atoms with van der Waals surface area (Å²) in [6.45, 7) is 4.36. The number of benzene rings is 1. The highest BCUT2D eigenvalue weighted by atomic mass is 19.1. The number of nitrogens with two attached hydrogens (primary N) is 1. The molecule has 3 N–H and O–H groups in total. The Kier molecular flexibility index (Phi) is 6.81. The van der Waals surface area contributed by atoms with E-state index < -0.39 is 0 Å². The third-order valence-corrected chi connectivity index (χ3v) is 3.59. The van der Waals surface area contributed by atoms with E-state index in [1.54, 1.807) is 6.07 Å². The second kappa shape index (κ2) is 8.12. The third kappa shape index (κ3) is 4.80. The maximum atomic E-state index is 13.6. The van der Waals surface area contributed by atoms with Crippen LogP contribution in [0.25, 0.3) is 0 Å². The minimum absolute atomic E-state index is 0.166. The molecule has 1 aromatic rings. The summed E-state index contributed by atoms with van der Waals surface area (Å²) in [5.41, 5.74) is 3.79. The predicted molar refractivity (Wildman–Crippen MR) is 76.5 cm³/mol. The first kappa shape index (κ1) is 15.9. The average Bonchev–Trinajstić information content (AvgIpc) is 2.42. The van der Waals surface area contributed by atoms with Crippen molar-refractivity contribution in [3.63, 3.8) is 0 Å². The quantitative estimate of drug-likeness (QED) is 0.563. The normalized spacial score (nSPS) is 14.2. The Labute approximate surface area is 115 Å². The van der Waals surface area contributed by atoms with Gasteiger partial charge in [0.05, 0.1) is 7.11 Å². The van der Waals surface area contributed by atoms with Crippen molar-refractivity contribution >= 4 is 0 Å². The summed E-state index contributed by atoms with van der Waals surface area (Å²) in [6, 6.07) is 5.24. The number of halogens is 1. The smallest absolute Gasteiger partial charge is 0.165 e. The summed E-state index contributed by atoms with van der Waals surface area (Å²) in [5.74, 6) is 6.04. The van der Waals surface area contributed by atoms with Gasteiger partial charge in [-0.1, -0.05) is 32.8 Å². The molecule has 108 valence electrons. The van der Waals surface area contributed by atoms with Crippen LogP contribution in [0.3, 0.4) is 0 Å². The maximum absolute atomic E-state index is 13.6. The van der Waals surface area contributed by atoms with E-state index in [1.165, 1.54) is 26.0 Å². The Hall–Kier alpha value is -1.13. The number of ether oxygens (including phenoxy) is 1. The summed E-state index contributed by atoms with van der Waals surface area (Å²) in [4.78, 5) is 0. The molecule has 2 atom stereocenters. The number of unbranched alkanes of at least 4 members (excludes halogenated alkanes) is 1. The molecular weight excluding hydrogens is 243 g/mol. The molecule has 19 heavy (non-hydrogen) atoms. The van der Waals surface area contributed by atoms with Gasteiger partial charge >= 0.3 is 0 Å². The summed E-state index contributed by atoms with van der Waals surface area (Å²) in [5, 5.41) is 0. The zero-order valence-corrected chi connectivity index (χ0v) is 12.1. The second-order valence-corrected chi connectivity index (χ2v) is 5.07. The van der Waals surface area contributed by atoms with Crippen LogP contribution in [0.15, 0.2) is 18.2 Å². The molecule has 0 spiro atoms. The molecule has 0 saturated carbocycles. The molecule has 0 aromatic heterocycles. The van der Waals surface area contributed by atoms with E-state index in [9.17, 15) is 4.39 Å². The molecule has 3 nitrogen and oxygen atoms in total. The van der Waals surface area contributed by atoms with Crippen molar-refractivity contribution in [1.29, 1.82) is 0 Å².